The van der Waals surface area contributed by atoms with E-state index in [0.717, 1.165) is 0 Å². The molecule has 0 atom stereocenters. The number of carbonyl (C=O) groups is 1. The van der Waals surface area contributed by atoms with Crippen LogP contribution in [0.3, 0.4) is 0 Å². The van der Waals surface area contributed by atoms with Crippen LogP contribution in [-0.2, 0) is 4.74 Å². The molecule has 4 N–H and O–H groups in total. The van der Waals surface area contributed by atoms with Crippen LogP contribution in [0.25, 0.3) is 11.0 Å². The maximum atomic E-state index is 11.5. The molecule has 8 heteroatoms. The number of fused-ring (bicyclic) bond motifs is 1. The molecule has 0 spiro atoms. The van der Waals surface area contributed by atoms with E-state index in [1.54, 1.807) is 20.8 Å². The molecular weight excluding hydrogens is 236 g/mol. The van der Waals surface area contributed by atoms with E-state index < -0.39 is 11.7 Å². The summed E-state index contributed by atoms with van der Waals surface area (Å²) in [7, 11) is 0. The molecule has 0 bridgehead atoms. The second kappa shape index (κ2) is 4.13. The van der Waals surface area contributed by atoms with Crippen LogP contribution in [0.4, 0.5) is 16.6 Å². The molecule has 2 heterocycles. The van der Waals surface area contributed by atoms with E-state index in [1.807, 2.05) is 0 Å². The zero-order valence-corrected chi connectivity index (χ0v) is 10.3. The molecule has 0 fully saturated rings. The normalized spacial score (nSPS) is 11.5. The summed E-state index contributed by atoms with van der Waals surface area (Å²) in [6.07, 6.45) is 0.859. The highest BCUT2D eigenvalue weighted by Gasteiger charge is 2.17. The lowest BCUT2D eigenvalue weighted by Crippen LogP contribution is -2.27. The summed E-state index contributed by atoms with van der Waals surface area (Å²) >= 11 is 0. The summed E-state index contributed by atoms with van der Waals surface area (Å²) in [5.74, 6) is 0.291. The van der Waals surface area contributed by atoms with Crippen LogP contribution < -0.4 is 11.1 Å². The molecule has 0 saturated heterocycles. The van der Waals surface area contributed by atoms with Crippen LogP contribution in [0, 0.1) is 0 Å². The molecular formula is C10H14N6O2. The lowest BCUT2D eigenvalue weighted by Gasteiger charge is -2.19. The first-order chi connectivity index (χ1) is 8.35. The third-order valence-electron chi connectivity index (χ3n) is 1.94. The van der Waals surface area contributed by atoms with Gasteiger partial charge in [-0.05, 0) is 20.8 Å². The molecule has 2 aromatic rings. The van der Waals surface area contributed by atoms with Gasteiger partial charge in [0.2, 0.25) is 5.95 Å². The monoisotopic (exact) mass is 250 g/mol. The fraction of sp³-hybridized carbons (Fsp3) is 0.400. The molecule has 8 nitrogen and oxygen atoms in total. The van der Waals surface area contributed by atoms with Crippen molar-refractivity contribution in [3.63, 3.8) is 0 Å². The fourth-order valence-electron chi connectivity index (χ4n) is 1.31. The van der Waals surface area contributed by atoms with Crippen molar-refractivity contribution >= 4 is 28.9 Å². The van der Waals surface area contributed by atoms with Crippen LogP contribution in [0.5, 0.6) is 0 Å². The van der Waals surface area contributed by atoms with Gasteiger partial charge >= 0.3 is 6.09 Å². The van der Waals surface area contributed by atoms with Gasteiger partial charge in [-0.1, -0.05) is 0 Å². The van der Waals surface area contributed by atoms with Gasteiger partial charge in [0, 0.05) is 0 Å². The van der Waals surface area contributed by atoms with Gasteiger partial charge in [-0.15, -0.1) is 0 Å². The first kappa shape index (κ1) is 12.1. The number of nitrogens with two attached hydrogens (primary N) is 1. The SMILES string of the molecule is CC(C)(C)OC(=O)Nc1nc(N)c2[nH]ncc2n1. The van der Waals surface area contributed by atoms with Gasteiger partial charge < -0.3 is 10.5 Å². The Hall–Kier alpha value is -2.38. The van der Waals surface area contributed by atoms with Gasteiger partial charge in [-0.3, -0.25) is 10.4 Å². The van der Waals surface area contributed by atoms with E-state index in [-0.39, 0.29) is 11.8 Å². The number of nitrogens with zero attached hydrogens (tertiary/aromatic N) is 3. The lowest BCUT2D eigenvalue weighted by molar-refractivity contribution is 0.0635. The maximum absolute atomic E-state index is 11.5. The van der Waals surface area contributed by atoms with Crippen molar-refractivity contribution in [2.24, 2.45) is 0 Å². The number of nitrogen functional groups attached to an aromatic ring is 1. The van der Waals surface area contributed by atoms with Crippen LogP contribution in [0.15, 0.2) is 6.20 Å². The van der Waals surface area contributed by atoms with Crippen molar-refractivity contribution in [1.29, 1.82) is 0 Å². The van der Waals surface area contributed by atoms with Crippen LogP contribution in [0.2, 0.25) is 0 Å². The zero-order chi connectivity index (χ0) is 13.3. The van der Waals surface area contributed by atoms with E-state index in [2.05, 4.69) is 25.5 Å². The Labute approximate surface area is 103 Å². The molecule has 1 amide bonds. The summed E-state index contributed by atoms with van der Waals surface area (Å²) in [6.45, 7) is 5.29. The zero-order valence-electron chi connectivity index (χ0n) is 10.3. The molecule has 0 aliphatic heterocycles. The first-order valence-corrected chi connectivity index (χ1v) is 5.32. The van der Waals surface area contributed by atoms with Crippen molar-refractivity contribution < 1.29 is 9.53 Å². The average molecular weight is 250 g/mol. The molecule has 0 aromatic carbocycles. The lowest BCUT2D eigenvalue weighted by atomic mass is 10.2. The molecule has 0 unspecified atom stereocenters. The number of ether oxygens (including phenoxy) is 1. The predicted molar refractivity (Wildman–Crippen MR) is 66.0 cm³/mol. The predicted octanol–water partition coefficient (Wildman–Crippen LogP) is 1.28. The molecule has 2 aromatic heterocycles. The van der Waals surface area contributed by atoms with Gasteiger partial charge in [0.05, 0.1) is 6.20 Å². The van der Waals surface area contributed by atoms with Gasteiger partial charge in [0.15, 0.2) is 5.82 Å². The third-order valence-corrected chi connectivity index (χ3v) is 1.94. The number of rotatable bonds is 1. The topological polar surface area (TPSA) is 119 Å². The summed E-state index contributed by atoms with van der Waals surface area (Å²) in [6, 6.07) is 0. The molecule has 18 heavy (non-hydrogen) atoms. The molecule has 0 aliphatic carbocycles. The van der Waals surface area contributed by atoms with Crippen molar-refractivity contribution in [2.45, 2.75) is 26.4 Å². The van der Waals surface area contributed by atoms with Gasteiger partial charge in [-0.25, -0.2) is 9.78 Å². The number of aromatic nitrogens is 4. The molecule has 2 rings (SSSR count). The van der Waals surface area contributed by atoms with E-state index in [1.165, 1.54) is 6.20 Å². The Morgan fingerprint density at radius 3 is 2.83 bits per heavy atom. The average Bonchev–Trinajstić information content (AvgIpc) is 2.62. The minimum atomic E-state index is -0.634. The Kier molecular flexibility index (Phi) is 2.77. The molecule has 0 aliphatic rings. The van der Waals surface area contributed by atoms with Gasteiger partial charge in [0.1, 0.15) is 16.6 Å². The standard InChI is InChI=1S/C10H14N6O2/c1-10(2,3)18-9(17)15-8-13-5-4-12-16-6(5)7(11)14-8/h4H,1-3H3,(H,12,16)(H3,11,13,14,15,17). The van der Waals surface area contributed by atoms with Crippen LogP contribution >= 0.6 is 0 Å². The number of hydrogen-bond acceptors (Lipinski definition) is 6. The minimum Gasteiger partial charge on any atom is -0.444 e. The molecule has 96 valence electrons. The fourth-order valence-corrected chi connectivity index (χ4v) is 1.31. The van der Waals surface area contributed by atoms with E-state index in [9.17, 15) is 4.79 Å². The third kappa shape index (κ3) is 2.65. The highest BCUT2D eigenvalue weighted by atomic mass is 16.6. The maximum Gasteiger partial charge on any atom is 0.414 e. The van der Waals surface area contributed by atoms with Crippen LogP contribution in [-0.4, -0.2) is 31.9 Å². The summed E-state index contributed by atoms with van der Waals surface area (Å²) in [4.78, 5) is 19.5. The first-order valence-electron chi connectivity index (χ1n) is 5.32. The number of aromatic amines is 1. The minimum absolute atomic E-state index is 0.0793. The Morgan fingerprint density at radius 1 is 1.44 bits per heavy atom. The second-order valence-electron chi connectivity index (χ2n) is 4.69. The highest BCUT2D eigenvalue weighted by molar-refractivity contribution is 5.88. The van der Waals surface area contributed by atoms with Gasteiger partial charge in [0.25, 0.3) is 0 Å². The number of amides is 1. The van der Waals surface area contributed by atoms with Crippen molar-refractivity contribution in [1.82, 2.24) is 20.2 Å². The number of H-pyrrole nitrogens is 1. The largest absolute Gasteiger partial charge is 0.444 e. The van der Waals surface area contributed by atoms with E-state index in [0.29, 0.717) is 11.0 Å². The summed E-state index contributed by atoms with van der Waals surface area (Å²) < 4.78 is 5.08. The van der Waals surface area contributed by atoms with E-state index >= 15 is 0 Å². The summed E-state index contributed by atoms with van der Waals surface area (Å²) in [5.41, 5.74) is 6.16. The Balaban J connectivity index is 2.19. The quantitative estimate of drug-likeness (QED) is 0.701. The van der Waals surface area contributed by atoms with Crippen molar-refractivity contribution in [3.8, 4) is 0 Å². The number of anilines is 2. The van der Waals surface area contributed by atoms with Gasteiger partial charge in [-0.2, -0.15) is 10.1 Å². The molecule has 0 radical (unpaired) electrons. The number of nitrogens with one attached hydrogen (secondary N) is 2. The molecule has 0 saturated carbocycles. The Morgan fingerprint density at radius 2 is 2.17 bits per heavy atom. The van der Waals surface area contributed by atoms with E-state index in [4.69, 9.17) is 10.5 Å². The smallest absolute Gasteiger partial charge is 0.414 e. The van der Waals surface area contributed by atoms with Crippen molar-refractivity contribution in [2.75, 3.05) is 11.1 Å². The van der Waals surface area contributed by atoms with Crippen LogP contribution in [0.1, 0.15) is 20.8 Å². The highest BCUT2D eigenvalue weighted by Crippen LogP contribution is 2.16. The second-order valence-corrected chi connectivity index (χ2v) is 4.69. The number of carbonyl (C=O) groups excluding carboxylic acids is 1. The summed E-state index contributed by atoms with van der Waals surface area (Å²) in [5, 5.41) is 8.87. The Bertz CT molecular complexity index is 586. The number of hydrogen-bond donors (Lipinski definition) is 3. The van der Waals surface area contributed by atoms with Crippen molar-refractivity contribution in [3.05, 3.63) is 6.20 Å².